The minimum atomic E-state index is -0.343. The van der Waals surface area contributed by atoms with Crippen LogP contribution in [0.3, 0.4) is 0 Å². The summed E-state index contributed by atoms with van der Waals surface area (Å²) in [5.74, 6) is -0.343. The number of esters is 1. The van der Waals surface area contributed by atoms with Crippen LogP contribution in [0.1, 0.15) is 27.0 Å². The van der Waals surface area contributed by atoms with Crippen molar-refractivity contribution >= 4 is 51.0 Å². The minimum absolute atomic E-state index is 0.322. The second-order valence-corrected chi connectivity index (χ2v) is 8.38. The fourth-order valence-electron chi connectivity index (χ4n) is 2.71. The summed E-state index contributed by atoms with van der Waals surface area (Å²) in [6.45, 7) is 4.78. The summed E-state index contributed by atoms with van der Waals surface area (Å²) >= 11 is 8.60. The van der Waals surface area contributed by atoms with Gasteiger partial charge in [0, 0.05) is 15.3 Å². The molecule has 0 aliphatic carbocycles. The fraction of sp³-hybridized carbons (Fsp3) is 0.200. The monoisotopic (exact) mass is 416 g/mol. The predicted octanol–water partition coefficient (Wildman–Crippen LogP) is 5.45. The van der Waals surface area contributed by atoms with Crippen molar-refractivity contribution in [2.24, 2.45) is 0 Å². The molecule has 0 aliphatic heterocycles. The Bertz CT molecular complexity index is 918. The molecule has 3 rings (SSSR count). The van der Waals surface area contributed by atoms with Crippen LogP contribution in [0.2, 0.25) is 0 Å². The zero-order valence-corrected chi connectivity index (χ0v) is 17.5. The van der Waals surface area contributed by atoms with E-state index in [2.05, 4.69) is 10.6 Å². The van der Waals surface area contributed by atoms with E-state index >= 15 is 0 Å². The van der Waals surface area contributed by atoms with Crippen LogP contribution >= 0.6 is 34.9 Å². The average molecular weight is 417 g/mol. The van der Waals surface area contributed by atoms with Gasteiger partial charge in [0.05, 0.1) is 13.2 Å². The van der Waals surface area contributed by atoms with Gasteiger partial charge < -0.3 is 15.4 Å². The number of nitrogens with one attached hydrogen (secondary N) is 2. The Kier molecular flexibility index (Phi) is 6.60. The first-order chi connectivity index (χ1) is 13.1. The fourth-order valence-corrected chi connectivity index (χ4v) is 4.66. The topological polar surface area (TPSA) is 50.4 Å². The third-order valence-electron chi connectivity index (χ3n) is 3.86. The number of benzene rings is 1. The summed E-state index contributed by atoms with van der Waals surface area (Å²) in [5.41, 5.74) is 2.41. The molecule has 0 bridgehead atoms. The van der Waals surface area contributed by atoms with Gasteiger partial charge in [-0.1, -0.05) is 36.4 Å². The van der Waals surface area contributed by atoms with E-state index in [0.29, 0.717) is 28.8 Å². The molecule has 140 valence electrons. The highest BCUT2D eigenvalue weighted by Crippen LogP contribution is 2.40. The highest BCUT2D eigenvalue weighted by Gasteiger charge is 2.24. The molecule has 0 amide bonds. The Labute approximate surface area is 172 Å². The number of ether oxygens (including phenoxy) is 1. The maximum absolute atomic E-state index is 12.7. The molecule has 27 heavy (non-hydrogen) atoms. The van der Waals surface area contributed by atoms with Gasteiger partial charge in [-0.3, -0.25) is 0 Å². The molecule has 0 atom stereocenters. The maximum Gasteiger partial charge on any atom is 0.341 e. The third kappa shape index (κ3) is 4.74. The second kappa shape index (κ2) is 9.12. The van der Waals surface area contributed by atoms with Crippen molar-refractivity contribution < 1.29 is 9.53 Å². The molecule has 7 heteroatoms. The van der Waals surface area contributed by atoms with E-state index < -0.39 is 0 Å². The normalized spacial score (nSPS) is 10.4. The van der Waals surface area contributed by atoms with Gasteiger partial charge in [-0.25, -0.2) is 4.79 Å². The SMILES string of the molecule is CCOC(=O)c1c(NC(=S)NCc2cccs2)sc(C)c1-c1ccccc1. The van der Waals surface area contributed by atoms with E-state index in [-0.39, 0.29) is 5.97 Å². The molecule has 2 heterocycles. The van der Waals surface area contributed by atoms with Crippen LogP contribution in [0.25, 0.3) is 11.1 Å². The van der Waals surface area contributed by atoms with Crippen molar-refractivity contribution in [3.63, 3.8) is 0 Å². The van der Waals surface area contributed by atoms with Gasteiger partial charge in [-0.2, -0.15) is 0 Å². The van der Waals surface area contributed by atoms with Gasteiger partial charge in [-0.05, 0) is 43.1 Å². The minimum Gasteiger partial charge on any atom is -0.462 e. The van der Waals surface area contributed by atoms with Gasteiger partial charge >= 0.3 is 5.97 Å². The lowest BCUT2D eigenvalue weighted by molar-refractivity contribution is 0.0529. The van der Waals surface area contributed by atoms with E-state index in [1.54, 1.807) is 18.3 Å². The van der Waals surface area contributed by atoms with Crippen LogP contribution in [-0.4, -0.2) is 17.7 Å². The molecule has 0 saturated carbocycles. The molecule has 4 nitrogen and oxygen atoms in total. The number of thiophene rings is 2. The molecule has 2 N–H and O–H groups in total. The molecule has 0 aliphatic rings. The van der Waals surface area contributed by atoms with E-state index in [0.717, 1.165) is 16.0 Å². The zero-order chi connectivity index (χ0) is 19.2. The van der Waals surface area contributed by atoms with Crippen molar-refractivity contribution in [2.45, 2.75) is 20.4 Å². The standard InChI is InChI=1S/C20H20N2O2S3/c1-3-24-19(23)17-16(14-8-5-4-6-9-14)13(2)27-18(17)22-20(25)21-12-15-10-7-11-26-15/h4-11H,3,12H2,1-2H3,(H2,21,22,25). The van der Waals surface area contributed by atoms with Crippen molar-refractivity contribution in [3.05, 3.63) is 63.2 Å². The van der Waals surface area contributed by atoms with Gasteiger partial charge in [-0.15, -0.1) is 22.7 Å². The molecule has 0 unspecified atom stereocenters. The third-order valence-corrected chi connectivity index (χ3v) is 6.00. The zero-order valence-electron chi connectivity index (χ0n) is 15.1. The number of carbonyl (C=O) groups is 1. The summed E-state index contributed by atoms with van der Waals surface area (Å²) in [6, 6.07) is 13.9. The van der Waals surface area contributed by atoms with Crippen LogP contribution in [0.15, 0.2) is 47.8 Å². The van der Waals surface area contributed by atoms with Gasteiger partial charge in [0.1, 0.15) is 10.6 Å². The van der Waals surface area contributed by atoms with Gasteiger partial charge in [0.25, 0.3) is 0 Å². The predicted molar refractivity (Wildman–Crippen MR) is 118 cm³/mol. The molecule has 0 saturated heterocycles. The van der Waals surface area contributed by atoms with E-state index in [1.807, 2.05) is 54.8 Å². The molecule has 2 aromatic heterocycles. The highest BCUT2D eigenvalue weighted by atomic mass is 32.1. The second-order valence-electron chi connectivity index (χ2n) is 5.71. The van der Waals surface area contributed by atoms with Crippen molar-refractivity contribution in [2.75, 3.05) is 11.9 Å². The summed E-state index contributed by atoms with van der Waals surface area (Å²) in [5, 5.41) is 9.58. The number of rotatable bonds is 6. The number of thiocarbonyl (C=S) groups is 1. The number of carbonyl (C=O) groups excluding carboxylic acids is 1. The Morgan fingerprint density at radius 1 is 1.19 bits per heavy atom. The first-order valence-electron chi connectivity index (χ1n) is 8.53. The lowest BCUT2D eigenvalue weighted by atomic mass is 10.0. The van der Waals surface area contributed by atoms with Crippen LogP contribution in [-0.2, 0) is 11.3 Å². The Balaban J connectivity index is 1.87. The van der Waals surface area contributed by atoms with Gasteiger partial charge in [0.2, 0.25) is 0 Å². The average Bonchev–Trinajstić information content (AvgIpc) is 3.28. The summed E-state index contributed by atoms with van der Waals surface area (Å²) < 4.78 is 5.31. The molecular weight excluding hydrogens is 396 g/mol. The van der Waals surface area contributed by atoms with Crippen LogP contribution < -0.4 is 10.6 Å². The number of anilines is 1. The van der Waals surface area contributed by atoms with E-state index in [9.17, 15) is 4.79 Å². The summed E-state index contributed by atoms with van der Waals surface area (Å²) in [7, 11) is 0. The Hall–Kier alpha value is -2.22. The number of hydrogen-bond donors (Lipinski definition) is 2. The smallest absolute Gasteiger partial charge is 0.341 e. The Morgan fingerprint density at radius 3 is 2.63 bits per heavy atom. The molecule has 0 spiro atoms. The molecule has 1 aromatic carbocycles. The van der Waals surface area contributed by atoms with Crippen molar-refractivity contribution in [1.29, 1.82) is 0 Å². The molecular formula is C20H20N2O2S3. The maximum atomic E-state index is 12.7. The first kappa shape index (κ1) is 19.5. The quantitative estimate of drug-likeness (QED) is 0.413. The van der Waals surface area contributed by atoms with E-state index in [4.69, 9.17) is 17.0 Å². The molecule has 0 fully saturated rings. The Morgan fingerprint density at radius 2 is 1.96 bits per heavy atom. The van der Waals surface area contributed by atoms with Crippen molar-refractivity contribution in [1.82, 2.24) is 5.32 Å². The number of aryl methyl sites for hydroxylation is 1. The molecule has 3 aromatic rings. The first-order valence-corrected chi connectivity index (χ1v) is 10.6. The van der Waals surface area contributed by atoms with E-state index in [1.165, 1.54) is 16.2 Å². The van der Waals surface area contributed by atoms with Crippen LogP contribution in [0, 0.1) is 6.92 Å². The van der Waals surface area contributed by atoms with Crippen molar-refractivity contribution in [3.8, 4) is 11.1 Å². The van der Waals surface area contributed by atoms with Crippen LogP contribution in [0.4, 0.5) is 5.00 Å². The lowest BCUT2D eigenvalue weighted by Crippen LogP contribution is -2.28. The van der Waals surface area contributed by atoms with Gasteiger partial charge in [0.15, 0.2) is 5.11 Å². The summed E-state index contributed by atoms with van der Waals surface area (Å²) in [6.07, 6.45) is 0. The number of hydrogen-bond acceptors (Lipinski definition) is 5. The molecule has 0 radical (unpaired) electrons. The largest absolute Gasteiger partial charge is 0.462 e. The highest BCUT2D eigenvalue weighted by molar-refractivity contribution is 7.80. The summed E-state index contributed by atoms with van der Waals surface area (Å²) in [4.78, 5) is 14.9. The van der Waals surface area contributed by atoms with Crippen LogP contribution in [0.5, 0.6) is 0 Å². The lowest BCUT2D eigenvalue weighted by Gasteiger charge is -2.11.